The van der Waals surface area contributed by atoms with Crippen molar-refractivity contribution in [1.29, 1.82) is 0 Å². The van der Waals surface area contributed by atoms with Crippen molar-refractivity contribution in [2.45, 2.75) is 19.6 Å². The van der Waals surface area contributed by atoms with Gasteiger partial charge in [0.05, 0.1) is 19.4 Å². The van der Waals surface area contributed by atoms with Crippen LogP contribution in [0.4, 0.5) is 4.79 Å². The van der Waals surface area contributed by atoms with Gasteiger partial charge in [0.2, 0.25) is 0 Å². The number of aliphatic carboxylic acids is 1. The molecule has 0 spiro atoms. The van der Waals surface area contributed by atoms with E-state index in [1.54, 1.807) is 20.0 Å². The van der Waals surface area contributed by atoms with E-state index in [-0.39, 0.29) is 6.54 Å². The van der Waals surface area contributed by atoms with Crippen molar-refractivity contribution in [3.8, 4) is 0 Å². The number of amides is 2. The number of carbonyl (C=O) groups excluding carboxylic acids is 1. The van der Waals surface area contributed by atoms with Crippen molar-refractivity contribution in [3.05, 3.63) is 23.7 Å². The van der Waals surface area contributed by atoms with Gasteiger partial charge in [-0.05, 0) is 13.0 Å². The molecule has 2 amide bonds. The van der Waals surface area contributed by atoms with Gasteiger partial charge in [0.15, 0.2) is 6.10 Å². The Morgan fingerprint density at radius 3 is 2.72 bits per heavy atom. The maximum absolute atomic E-state index is 11.6. The number of carboxylic acids is 1. The molecule has 3 N–H and O–H groups in total. The largest absolute Gasteiger partial charge is 0.479 e. The number of nitrogens with one attached hydrogen (secondary N) is 1. The lowest BCUT2D eigenvalue weighted by atomic mass is 10.2. The molecule has 0 aliphatic carbocycles. The minimum absolute atomic E-state index is 0.330. The second kappa shape index (κ2) is 6.06. The molecule has 7 nitrogen and oxygen atoms in total. The topological polar surface area (TPSA) is 103 Å². The highest BCUT2D eigenvalue weighted by molar-refractivity contribution is 5.76. The monoisotopic (exact) mass is 256 g/mol. The van der Waals surface area contributed by atoms with Crippen LogP contribution in [0.3, 0.4) is 0 Å². The predicted molar refractivity (Wildman–Crippen MR) is 62.0 cm³/mol. The Hall–Kier alpha value is -2.02. The molecule has 1 aromatic heterocycles. The van der Waals surface area contributed by atoms with Gasteiger partial charge >= 0.3 is 12.0 Å². The molecular weight excluding hydrogens is 240 g/mol. The third-order valence-corrected chi connectivity index (χ3v) is 2.45. The quantitative estimate of drug-likeness (QED) is 0.697. The summed E-state index contributed by atoms with van der Waals surface area (Å²) in [7, 11) is 1.56. The van der Waals surface area contributed by atoms with E-state index in [4.69, 9.17) is 14.6 Å². The van der Waals surface area contributed by atoms with Crippen molar-refractivity contribution in [1.82, 2.24) is 10.2 Å². The van der Waals surface area contributed by atoms with Crippen LogP contribution >= 0.6 is 0 Å². The van der Waals surface area contributed by atoms with Gasteiger partial charge in [-0.1, -0.05) is 0 Å². The van der Waals surface area contributed by atoms with Gasteiger partial charge in [-0.3, -0.25) is 0 Å². The maximum atomic E-state index is 11.6. The van der Waals surface area contributed by atoms with Crippen LogP contribution in [-0.4, -0.2) is 46.8 Å². The molecule has 0 aromatic carbocycles. The minimum Gasteiger partial charge on any atom is -0.479 e. The first kappa shape index (κ1) is 14.0. The molecule has 7 heteroatoms. The summed E-state index contributed by atoms with van der Waals surface area (Å²) in [5.41, 5.74) is 0.867. The molecule has 0 saturated heterocycles. The van der Waals surface area contributed by atoms with Crippen LogP contribution in [0.2, 0.25) is 0 Å². The number of urea groups is 1. The summed E-state index contributed by atoms with van der Waals surface area (Å²) >= 11 is 0. The zero-order valence-electron chi connectivity index (χ0n) is 10.2. The van der Waals surface area contributed by atoms with Crippen molar-refractivity contribution in [3.63, 3.8) is 0 Å². The molecule has 1 heterocycles. The van der Waals surface area contributed by atoms with Crippen LogP contribution in [0.15, 0.2) is 16.7 Å². The van der Waals surface area contributed by atoms with Crippen LogP contribution in [0.1, 0.15) is 11.3 Å². The molecule has 100 valence electrons. The van der Waals surface area contributed by atoms with Gasteiger partial charge in [-0.15, -0.1) is 0 Å². The second-order valence-electron chi connectivity index (χ2n) is 3.90. The van der Waals surface area contributed by atoms with Crippen LogP contribution in [0.5, 0.6) is 0 Å². The standard InChI is InChI=1S/C11H16N2O5/c1-7-8(3-4-18-7)6-13(2)11(17)12-5-9(14)10(15)16/h3-4,9,14H,5-6H2,1-2H3,(H,12,17)(H,15,16)/t9-/m0/s1. The molecule has 0 saturated carbocycles. The van der Waals surface area contributed by atoms with Gasteiger partial charge in [0.1, 0.15) is 5.76 Å². The molecular formula is C11H16N2O5. The zero-order valence-corrected chi connectivity index (χ0v) is 10.2. The van der Waals surface area contributed by atoms with E-state index < -0.39 is 18.1 Å². The Balaban J connectivity index is 2.42. The zero-order chi connectivity index (χ0) is 13.7. The molecule has 0 unspecified atom stereocenters. The highest BCUT2D eigenvalue weighted by atomic mass is 16.4. The van der Waals surface area contributed by atoms with E-state index in [1.807, 2.05) is 0 Å². The number of aliphatic hydroxyl groups is 1. The lowest BCUT2D eigenvalue weighted by Gasteiger charge is -2.18. The molecule has 0 bridgehead atoms. The Morgan fingerprint density at radius 1 is 1.56 bits per heavy atom. The van der Waals surface area contributed by atoms with Crippen molar-refractivity contribution in [2.24, 2.45) is 0 Å². The van der Waals surface area contributed by atoms with E-state index in [1.165, 1.54) is 11.2 Å². The van der Waals surface area contributed by atoms with E-state index >= 15 is 0 Å². The molecule has 0 aliphatic heterocycles. The number of carboxylic acid groups (broad SMARTS) is 1. The van der Waals surface area contributed by atoms with E-state index in [0.29, 0.717) is 6.54 Å². The van der Waals surface area contributed by atoms with Crippen LogP contribution in [-0.2, 0) is 11.3 Å². The summed E-state index contributed by atoms with van der Waals surface area (Å²) in [4.78, 5) is 23.3. The summed E-state index contributed by atoms with van der Waals surface area (Å²) in [5.74, 6) is -0.649. The fraction of sp³-hybridized carbons (Fsp3) is 0.455. The third kappa shape index (κ3) is 3.77. The molecule has 0 fully saturated rings. The average Bonchev–Trinajstić information content (AvgIpc) is 2.71. The number of aliphatic hydroxyl groups excluding tert-OH is 1. The van der Waals surface area contributed by atoms with Crippen molar-refractivity contribution < 1.29 is 24.2 Å². The minimum atomic E-state index is -1.60. The molecule has 18 heavy (non-hydrogen) atoms. The molecule has 1 aromatic rings. The number of hydrogen-bond acceptors (Lipinski definition) is 4. The van der Waals surface area contributed by atoms with E-state index in [2.05, 4.69) is 5.32 Å². The highest BCUT2D eigenvalue weighted by Gasteiger charge is 2.16. The lowest BCUT2D eigenvalue weighted by molar-refractivity contribution is -0.146. The first-order valence-electron chi connectivity index (χ1n) is 5.34. The summed E-state index contributed by atoms with van der Waals surface area (Å²) in [6.45, 7) is 1.80. The summed E-state index contributed by atoms with van der Waals surface area (Å²) in [6, 6.07) is 1.29. The van der Waals surface area contributed by atoms with Gasteiger partial charge in [0.25, 0.3) is 0 Å². The number of aryl methyl sites for hydroxylation is 1. The van der Waals surface area contributed by atoms with Gasteiger partial charge in [-0.2, -0.15) is 0 Å². The summed E-state index contributed by atoms with van der Waals surface area (Å²) in [5, 5.41) is 19.8. The van der Waals surface area contributed by atoms with E-state index in [9.17, 15) is 9.59 Å². The molecule has 1 rings (SSSR count). The number of rotatable bonds is 5. The first-order valence-corrected chi connectivity index (χ1v) is 5.34. The fourth-order valence-electron chi connectivity index (χ4n) is 1.31. The number of carbonyl (C=O) groups is 2. The maximum Gasteiger partial charge on any atom is 0.334 e. The van der Waals surface area contributed by atoms with Gasteiger partial charge < -0.3 is 24.8 Å². The Labute approximate surface area is 104 Å². The SMILES string of the molecule is Cc1occc1CN(C)C(=O)NC[C@H](O)C(=O)O. The fourth-order valence-corrected chi connectivity index (χ4v) is 1.31. The number of furan rings is 1. The Kier molecular flexibility index (Phi) is 4.73. The Morgan fingerprint density at radius 2 is 2.22 bits per heavy atom. The third-order valence-electron chi connectivity index (χ3n) is 2.45. The predicted octanol–water partition coefficient (Wildman–Crippen LogP) is 0.175. The smallest absolute Gasteiger partial charge is 0.334 e. The molecule has 0 radical (unpaired) electrons. The number of nitrogens with zero attached hydrogens (tertiary/aromatic N) is 1. The summed E-state index contributed by atoms with van der Waals surface area (Å²) in [6.07, 6.45) is -0.0667. The Bertz CT molecular complexity index is 429. The summed E-state index contributed by atoms with van der Waals surface area (Å²) < 4.78 is 5.10. The van der Waals surface area contributed by atoms with Crippen molar-refractivity contribution in [2.75, 3.05) is 13.6 Å². The van der Waals surface area contributed by atoms with Crippen LogP contribution in [0, 0.1) is 6.92 Å². The van der Waals surface area contributed by atoms with Crippen LogP contribution < -0.4 is 5.32 Å². The lowest BCUT2D eigenvalue weighted by Crippen LogP contribution is -2.42. The van der Waals surface area contributed by atoms with Gasteiger partial charge in [-0.25, -0.2) is 9.59 Å². The second-order valence-corrected chi connectivity index (χ2v) is 3.90. The van der Waals surface area contributed by atoms with Crippen LogP contribution in [0.25, 0.3) is 0 Å². The van der Waals surface area contributed by atoms with Crippen molar-refractivity contribution >= 4 is 12.0 Å². The first-order chi connectivity index (χ1) is 8.41. The number of hydrogen-bond donors (Lipinski definition) is 3. The molecule has 0 aliphatic rings. The normalized spacial score (nSPS) is 11.9. The van der Waals surface area contributed by atoms with E-state index in [0.717, 1.165) is 11.3 Å². The van der Waals surface area contributed by atoms with Gasteiger partial charge in [0, 0.05) is 12.6 Å². The highest BCUT2D eigenvalue weighted by Crippen LogP contribution is 2.10. The molecule has 1 atom stereocenters. The average molecular weight is 256 g/mol.